The van der Waals surface area contributed by atoms with Crippen LogP contribution in [-0.4, -0.2) is 72.3 Å². The lowest BCUT2D eigenvalue weighted by atomic mass is 9.94. The molecule has 1 heterocycles. The Balaban J connectivity index is 0.00000225. The van der Waals surface area contributed by atoms with Crippen molar-refractivity contribution in [2.75, 3.05) is 45.5 Å². The van der Waals surface area contributed by atoms with Crippen molar-refractivity contribution in [3.05, 3.63) is 29.8 Å². The number of amides is 2. The average Bonchev–Trinajstić information content (AvgIpc) is 2.73. The molecule has 2 fully saturated rings. The predicted molar refractivity (Wildman–Crippen MR) is 126 cm³/mol. The normalized spacial score (nSPS) is 17.6. The van der Waals surface area contributed by atoms with E-state index in [-0.39, 0.29) is 36.6 Å². The Hall–Kier alpha value is -1.50. The van der Waals surface area contributed by atoms with E-state index in [1.54, 1.807) is 0 Å². The maximum Gasteiger partial charge on any atom is 0.236 e. The van der Waals surface area contributed by atoms with Crippen molar-refractivity contribution in [2.45, 2.75) is 51.0 Å². The summed E-state index contributed by atoms with van der Waals surface area (Å²) in [5.41, 5.74) is 7.74. The van der Waals surface area contributed by atoms with Crippen LogP contribution in [0.5, 0.6) is 0 Å². The number of halogens is 2. The van der Waals surface area contributed by atoms with Gasteiger partial charge in [0.1, 0.15) is 0 Å². The lowest BCUT2D eigenvalue weighted by Gasteiger charge is -2.37. The molecule has 1 aromatic carbocycles. The third kappa shape index (κ3) is 7.33. The zero-order chi connectivity index (χ0) is 19.9. The van der Waals surface area contributed by atoms with E-state index in [1.807, 2.05) is 41.1 Å². The van der Waals surface area contributed by atoms with Crippen LogP contribution in [0.2, 0.25) is 0 Å². The Labute approximate surface area is 193 Å². The van der Waals surface area contributed by atoms with Crippen LogP contribution in [0.25, 0.3) is 0 Å². The second-order valence-corrected chi connectivity index (χ2v) is 8.15. The van der Waals surface area contributed by atoms with Crippen molar-refractivity contribution in [3.63, 3.8) is 0 Å². The highest BCUT2D eigenvalue weighted by molar-refractivity contribution is 5.85. The lowest BCUT2D eigenvalue weighted by molar-refractivity contribution is -0.136. The smallest absolute Gasteiger partial charge is 0.236 e. The number of anilines is 1. The SMILES string of the molecule is CN(C(=O)CN1CCN(C(=O)CCc2ccccc2N)CC1)C1CCCCC1.Cl.Cl. The van der Waals surface area contributed by atoms with Crippen molar-refractivity contribution in [3.8, 4) is 0 Å². The van der Waals surface area contributed by atoms with Crippen LogP contribution in [0.15, 0.2) is 24.3 Å². The summed E-state index contributed by atoms with van der Waals surface area (Å²) >= 11 is 0. The minimum absolute atomic E-state index is 0. The first-order valence-electron chi connectivity index (χ1n) is 10.6. The molecule has 1 saturated carbocycles. The molecule has 2 N–H and O–H groups in total. The number of para-hydroxylation sites is 1. The quantitative estimate of drug-likeness (QED) is 0.665. The standard InChI is InChI=1S/C22H34N4O2.2ClH/c1-24(19-8-3-2-4-9-19)22(28)17-25-13-15-26(16-14-25)21(27)12-11-18-7-5-6-10-20(18)23;;/h5-7,10,19H,2-4,8-9,11-17,23H2,1H3;2*1H. The largest absolute Gasteiger partial charge is 0.399 e. The summed E-state index contributed by atoms with van der Waals surface area (Å²) in [5, 5.41) is 0. The molecule has 170 valence electrons. The molecule has 0 bridgehead atoms. The fourth-order valence-electron chi connectivity index (χ4n) is 4.29. The number of nitrogens with zero attached hydrogens (tertiary/aromatic N) is 3. The Bertz CT molecular complexity index is 675. The van der Waals surface area contributed by atoms with Gasteiger partial charge in [-0.05, 0) is 30.9 Å². The van der Waals surface area contributed by atoms with E-state index in [2.05, 4.69) is 4.90 Å². The molecular formula is C22H36Cl2N4O2. The highest BCUT2D eigenvalue weighted by Gasteiger charge is 2.26. The van der Waals surface area contributed by atoms with Gasteiger partial charge in [-0.1, -0.05) is 37.5 Å². The fourth-order valence-corrected chi connectivity index (χ4v) is 4.29. The number of likely N-dealkylation sites (N-methyl/N-ethyl adjacent to an activating group) is 1. The summed E-state index contributed by atoms with van der Waals surface area (Å²) in [6, 6.07) is 8.13. The first-order chi connectivity index (χ1) is 13.5. The van der Waals surface area contributed by atoms with E-state index in [0.29, 0.717) is 38.5 Å². The van der Waals surface area contributed by atoms with E-state index in [0.717, 1.165) is 37.2 Å². The van der Waals surface area contributed by atoms with Crippen LogP contribution in [0.3, 0.4) is 0 Å². The molecule has 1 saturated heterocycles. The van der Waals surface area contributed by atoms with Gasteiger partial charge in [0.2, 0.25) is 11.8 Å². The zero-order valence-electron chi connectivity index (χ0n) is 17.9. The molecule has 3 rings (SSSR count). The molecule has 2 aliphatic rings. The van der Waals surface area contributed by atoms with Crippen LogP contribution < -0.4 is 5.73 Å². The van der Waals surface area contributed by atoms with Gasteiger partial charge in [0, 0.05) is 51.4 Å². The van der Waals surface area contributed by atoms with Crippen LogP contribution in [0.1, 0.15) is 44.1 Å². The van der Waals surface area contributed by atoms with Crippen LogP contribution >= 0.6 is 24.8 Å². The number of carbonyl (C=O) groups is 2. The van der Waals surface area contributed by atoms with Crippen LogP contribution in [0, 0.1) is 0 Å². The summed E-state index contributed by atoms with van der Waals surface area (Å²) in [7, 11) is 1.95. The highest BCUT2D eigenvalue weighted by Crippen LogP contribution is 2.22. The highest BCUT2D eigenvalue weighted by atomic mass is 35.5. The summed E-state index contributed by atoms with van der Waals surface area (Å²) < 4.78 is 0. The summed E-state index contributed by atoms with van der Waals surface area (Å²) in [6.45, 7) is 3.40. The number of nitrogen functional groups attached to an aromatic ring is 1. The Morgan fingerprint density at radius 2 is 1.67 bits per heavy atom. The van der Waals surface area contributed by atoms with Crippen molar-refractivity contribution in [2.24, 2.45) is 0 Å². The minimum atomic E-state index is 0. The van der Waals surface area contributed by atoms with Crippen molar-refractivity contribution < 1.29 is 9.59 Å². The molecule has 2 amide bonds. The molecule has 8 heteroatoms. The number of piperazine rings is 1. The molecule has 30 heavy (non-hydrogen) atoms. The topological polar surface area (TPSA) is 69.9 Å². The summed E-state index contributed by atoms with van der Waals surface area (Å²) in [4.78, 5) is 31.2. The van der Waals surface area contributed by atoms with Gasteiger partial charge >= 0.3 is 0 Å². The molecule has 0 atom stereocenters. The Kier molecular flexibility index (Phi) is 11.5. The molecule has 1 aliphatic heterocycles. The molecular weight excluding hydrogens is 423 g/mol. The monoisotopic (exact) mass is 458 g/mol. The molecule has 1 aliphatic carbocycles. The number of hydrogen-bond acceptors (Lipinski definition) is 4. The summed E-state index contributed by atoms with van der Waals surface area (Å²) in [6.07, 6.45) is 7.20. The first kappa shape index (κ1) is 26.5. The number of nitrogens with two attached hydrogens (primary N) is 1. The molecule has 1 aromatic rings. The zero-order valence-corrected chi connectivity index (χ0v) is 19.6. The van der Waals surface area contributed by atoms with Crippen LogP contribution in [0.4, 0.5) is 5.69 Å². The van der Waals surface area contributed by atoms with Gasteiger partial charge in [-0.15, -0.1) is 24.8 Å². The van der Waals surface area contributed by atoms with Gasteiger partial charge in [-0.25, -0.2) is 0 Å². The van der Waals surface area contributed by atoms with E-state index < -0.39 is 0 Å². The van der Waals surface area contributed by atoms with Crippen LogP contribution in [-0.2, 0) is 16.0 Å². The van der Waals surface area contributed by atoms with Crippen molar-refractivity contribution in [1.82, 2.24) is 14.7 Å². The number of rotatable bonds is 6. The predicted octanol–water partition coefficient (Wildman–Crippen LogP) is 2.98. The number of hydrogen-bond donors (Lipinski definition) is 1. The lowest BCUT2D eigenvalue weighted by Crippen LogP contribution is -2.52. The number of aryl methyl sites for hydroxylation is 1. The molecule has 0 spiro atoms. The molecule has 0 aromatic heterocycles. The first-order valence-corrected chi connectivity index (χ1v) is 10.6. The number of carbonyl (C=O) groups excluding carboxylic acids is 2. The van der Waals surface area contributed by atoms with Crippen molar-refractivity contribution in [1.29, 1.82) is 0 Å². The second kappa shape index (κ2) is 13.0. The van der Waals surface area contributed by atoms with Gasteiger partial charge in [-0.3, -0.25) is 14.5 Å². The maximum absolute atomic E-state index is 12.6. The summed E-state index contributed by atoms with van der Waals surface area (Å²) in [5.74, 6) is 0.389. The third-order valence-corrected chi connectivity index (χ3v) is 6.26. The van der Waals surface area contributed by atoms with E-state index >= 15 is 0 Å². The third-order valence-electron chi connectivity index (χ3n) is 6.26. The Morgan fingerprint density at radius 3 is 2.30 bits per heavy atom. The Morgan fingerprint density at radius 1 is 1.03 bits per heavy atom. The van der Waals surface area contributed by atoms with E-state index in [1.165, 1.54) is 19.3 Å². The van der Waals surface area contributed by atoms with E-state index in [9.17, 15) is 9.59 Å². The molecule has 0 radical (unpaired) electrons. The maximum atomic E-state index is 12.6. The fraction of sp³-hybridized carbons (Fsp3) is 0.636. The van der Waals surface area contributed by atoms with Crippen molar-refractivity contribution >= 4 is 42.3 Å². The van der Waals surface area contributed by atoms with Gasteiger partial charge in [0.25, 0.3) is 0 Å². The van der Waals surface area contributed by atoms with E-state index in [4.69, 9.17) is 5.73 Å². The molecule has 6 nitrogen and oxygen atoms in total. The van der Waals surface area contributed by atoms with Gasteiger partial charge in [-0.2, -0.15) is 0 Å². The van der Waals surface area contributed by atoms with Gasteiger partial charge in [0.05, 0.1) is 6.54 Å². The minimum Gasteiger partial charge on any atom is -0.399 e. The second-order valence-electron chi connectivity index (χ2n) is 8.15. The van der Waals surface area contributed by atoms with Gasteiger partial charge in [0.15, 0.2) is 0 Å². The average molecular weight is 459 g/mol. The molecule has 0 unspecified atom stereocenters. The number of benzene rings is 1. The van der Waals surface area contributed by atoms with Gasteiger partial charge < -0.3 is 15.5 Å².